The van der Waals surface area contributed by atoms with E-state index in [1.807, 2.05) is 66.4 Å². The normalized spacial score (nSPS) is 14.3. The van der Waals surface area contributed by atoms with E-state index in [4.69, 9.17) is 14.0 Å². The zero-order chi connectivity index (χ0) is 22.9. The largest absolute Gasteiger partial charge is 0.494 e. The highest BCUT2D eigenvalue weighted by Gasteiger charge is 2.21. The third-order valence-electron chi connectivity index (χ3n) is 5.59. The van der Waals surface area contributed by atoms with Crippen LogP contribution in [-0.2, 0) is 11.2 Å². The van der Waals surface area contributed by atoms with Gasteiger partial charge in [-0.05, 0) is 43.3 Å². The Bertz CT molecular complexity index is 999. The van der Waals surface area contributed by atoms with Crippen LogP contribution in [0, 0.1) is 0 Å². The number of amides is 1. The summed E-state index contributed by atoms with van der Waals surface area (Å²) >= 11 is 0. The molecular weight excluding hydrogens is 420 g/mol. The van der Waals surface area contributed by atoms with E-state index in [1.165, 1.54) is 0 Å². The molecule has 1 amide bonds. The van der Waals surface area contributed by atoms with Crippen LogP contribution in [0.4, 0.5) is 0 Å². The lowest BCUT2D eigenvalue weighted by Gasteiger charge is -2.34. The number of aryl methyl sites for hydroxylation is 1. The van der Waals surface area contributed by atoms with Crippen LogP contribution in [0.15, 0.2) is 59.1 Å². The molecule has 0 N–H and O–H groups in total. The van der Waals surface area contributed by atoms with Gasteiger partial charge in [-0.15, -0.1) is 0 Å². The van der Waals surface area contributed by atoms with Crippen molar-refractivity contribution >= 4 is 5.91 Å². The minimum Gasteiger partial charge on any atom is -0.494 e. The summed E-state index contributed by atoms with van der Waals surface area (Å²) in [6.07, 6.45) is 0.802. The van der Waals surface area contributed by atoms with E-state index in [9.17, 15) is 4.79 Å². The quantitative estimate of drug-likeness (QED) is 0.469. The van der Waals surface area contributed by atoms with Crippen molar-refractivity contribution in [3.05, 3.63) is 60.5 Å². The van der Waals surface area contributed by atoms with E-state index in [1.54, 1.807) is 0 Å². The molecule has 2 aromatic carbocycles. The molecule has 1 aliphatic heterocycles. The number of aromatic nitrogens is 2. The van der Waals surface area contributed by atoms with Gasteiger partial charge >= 0.3 is 0 Å². The van der Waals surface area contributed by atoms with Crippen molar-refractivity contribution in [3.63, 3.8) is 0 Å². The minimum atomic E-state index is 0.121. The number of carbonyl (C=O) groups excluding carboxylic acids is 1. The fourth-order valence-corrected chi connectivity index (χ4v) is 3.74. The Morgan fingerprint density at radius 1 is 0.970 bits per heavy atom. The fourth-order valence-electron chi connectivity index (χ4n) is 3.74. The number of rotatable bonds is 10. The Hall–Kier alpha value is -3.39. The van der Waals surface area contributed by atoms with Crippen LogP contribution in [0.2, 0.25) is 0 Å². The highest BCUT2D eigenvalue weighted by Crippen LogP contribution is 2.20. The summed E-state index contributed by atoms with van der Waals surface area (Å²) in [6.45, 7) is 7.23. The van der Waals surface area contributed by atoms with Crippen LogP contribution in [0.3, 0.4) is 0 Å². The van der Waals surface area contributed by atoms with Gasteiger partial charge in [0.25, 0.3) is 0 Å². The number of hydrogen-bond acceptors (Lipinski definition) is 7. The third-order valence-corrected chi connectivity index (χ3v) is 5.59. The monoisotopic (exact) mass is 450 g/mol. The van der Waals surface area contributed by atoms with Crippen LogP contribution in [0.25, 0.3) is 11.4 Å². The molecule has 3 aromatic rings. The van der Waals surface area contributed by atoms with Gasteiger partial charge in [0.15, 0.2) is 0 Å². The van der Waals surface area contributed by atoms with Crippen molar-refractivity contribution in [1.29, 1.82) is 0 Å². The smallest absolute Gasteiger partial charge is 0.227 e. The summed E-state index contributed by atoms with van der Waals surface area (Å²) in [5.41, 5.74) is 0.854. The molecule has 0 radical (unpaired) electrons. The Morgan fingerprint density at radius 3 is 2.42 bits per heavy atom. The van der Waals surface area contributed by atoms with E-state index in [0.29, 0.717) is 37.8 Å². The van der Waals surface area contributed by atoms with Gasteiger partial charge in [0.2, 0.25) is 17.6 Å². The van der Waals surface area contributed by atoms with Crippen molar-refractivity contribution in [2.24, 2.45) is 0 Å². The maximum Gasteiger partial charge on any atom is 0.227 e. The maximum absolute atomic E-state index is 12.6. The number of benzene rings is 2. The summed E-state index contributed by atoms with van der Waals surface area (Å²) in [5, 5.41) is 4.04. The predicted octanol–water partition coefficient (Wildman–Crippen LogP) is 3.29. The molecule has 0 bridgehead atoms. The van der Waals surface area contributed by atoms with Gasteiger partial charge in [-0.25, -0.2) is 0 Å². The van der Waals surface area contributed by atoms with Gasteiger partial charge in [-0.2, -0.15) is 4.98 Å². The molecule has 4 rings (SSSR count). The molecule has 2 heterocycles. The molecule has 0 atom stereocenters. The summed E-state index contributed by atoms with van der Waals surface area (Å²) in [6, 6.07) is 17.4. The Kier molecular flexibility index (Phi) is 7.92. The summed E-state index contributed by atoms with van der Waals surface area (Å²) in [4.78, 5) is 21.3. The standard InChI is InChI=1S/C25H30N4O4/c1-2-31-22-10-8-20(9-11-22)25-26-23(33-27-25)12-13-24(30)29-16-14-28(15-17-29)18-19-32-21-6-4-3-5-7-21/h3-11H,2,12-19H2,1H3. The molecule has 1 saturated heterocycles. The number of piperazine rings is 1. The maximum atomic E-state index is 12.6. The van der Waals surface area contributed by atoms with Crippen molar-refractivity contribution in [2.45, 2.75) is 19.8 Å². The predicted molar refractivity (Wildman–Crippen MR) is 124 cm³/mol. The first-order valence-electron chi connectivity index (χ1n) is 11.4. The van der Waals surface area contributed by atoms with E-state index in [2.05, 4.69) is 15.0 Å². The second kappa shape index (κ2) is 11.5. The molecule has 0 saturated carbocycles. The lowest BCUT2D eigenvalue weighted by molar-refractivity contribution is -0.133. The number of ether oxygens (including phenoxy) is 2. The van der Waals surface area contributed by atoms with Crippen molar-refractivity contribution in [2.75, 3.05) is 45.9 Å². The Balaban J connectivity index is 1.17. The minimum absolute atomic E-state index is 0.121. The highest BCUT2D eigenvalue weighted by atomic mass is 16.5. The van der Waals surface area contributed by atoms with E-state index in [-0.39, 0.29) is 5.91 Å². The highest BCUT2D eigenvalue weighted by molar-refractivity contribution is 5.76. The second-order valence-corrected chi connectivity index (χ2v) is 7.85. The van der Waals surface area contributed by atoms with Gasteiger partial charge < -0.3 is 18.9 Å². The number of hydrogen-bond donors (Lipinski definition) is 0. The Labute approximate surface area is 194 Å². The average Bonchev–Trinajstić information content (AvgIpc) is 3.33. The third kappa shape index (κ3) is 6.55. The fraction of sp³-hybridized carbons (Fsp3) is 0.400. The van der Waals surface area contributed by atoms with Crippen molar-refractivity contribution in [1.82, 2.24) is 19.9 Å². The van der Waals surface area contributed by atoms with Crippen molar-refractivity contribution < 1.29 is 18.8 Å². The van der Waals surface area contributed by atoms with E-state index >= 15 is 0 Å². The van der Waals surface area contributed by atoms with Gasteiger partial charge in [-0.1, -0.05) is 23.4 Å². The molecule has 8 heteroatoms. The first-order valence-corrected chi connectivity index (χ1v) is 11.4. The first-order chi connectivity index (χ1) is 16.2. The lowest BCUT2D eigenvalue weighted by atomic mass is 10.2. The summed E-state index contributed by atoms with van der Waals surface area (Å²) in [7, 11) is 0. The van der Waals surface area contributed by atoms with Crippen LogP contribution >= 0.6 is 0 Å². The molecule has 1 aromatic heterocycles. The molecule has 174 valence electrons. The first kappa shape index (κ1) is 22.8. The zero-order valence-corrected chi connectivity index (χ0v) is 19.0. The summed E-state index contributed by atoms with van der Waals surface area (Å²) in [5.74, 6) is 2.81. The number of nitrogens with zero attached hydrogens (tertiary/aromatic N) is 4. The van der Waals surface area contributed by atoms with Crippen LogP contribution in [-0.4, -0.2) is 71.8 Å². The van der Waals surface area contributed by atoms with Gasteiger partial charge in [-0.3, -0.25) is 9.69 Å². The topological polar surface area (TPSA) is 80.9 Å². The number of carbonyl (C=O) groups is 1. The molecule has 33 heavy (non-hydrogen) atoms. The molecule has 1 aliphatic rings. The van der Waals surface area contributed by atoms with Gasteiger partial charge in [0, 0.05) is 51.1 Å². The molecule has 1 fully saturated rings. The van der Waals surface area contributed by atoms with Crippen molar-refractivity contribution in [3.8, 4) is 22.9 Å². The molecule has 0 unspecified atom stereocenters. The van der Waals surface area contributed by atoms with E-state index in [0.717, 1.165) is 49.8 Å². The Morgan fingerprint density at radius 2 is 1.70 bits per heavy atom. The van der Waals surface area contributed by atoms with E-state index < -0.39 is 0 Å². The molecule has 0 spiro atoms. The molecule has 8 nitrogen and oxygen atoms in total. The molecule has 0 aliphatic carbocycles. The second-order valence-electron chi connectivity index (χ2n) is 7.85. The molecular formula is C25H30N4O4. The number of para-hydroxylation sites is 1. The SMILES string of the molecule is CCOc1ccc(-c2noc(CCC(=O)N3CCN(CCOc4ccccc4)CC3)n2)cc1. The van der Waals surface area contributed by atoms with Gasteiger partial charge in [0.1, 0.15) is 18.1 Å². The van der Waals surface area contributed by atoms with Crippen LogP contribution < -0.4 is 9.47 Å². The van der Waals surface area contributed by atoms with Gasteiger partial charge in [0.05, 0.1) is 6.61 Å². The average molecular weight is 451 g/mol. The zero-order valence-electron chi connectivity index (χ0n) is 19.0. The lowest BCUT2D eigenvalue weighted by Crippen LogP contribution is -2.49. The van der Waals surface area contributed by atoms with Crippen LogP contribution in [0.5, 0.6) is 11.5 Å². The summed E-state index contributed by atoms with van der Waals surface area (Å²) < 4.78 is 16.6. The van der Waals surface area contributed by atoms with Crippen LogP contribution in [0.1, 0.15) is 19.2 Å².